The minimum absolute atomic E-state index is 0.211. The number of pyridine rings is 1. The minimum Gasteiger partial charge on any atom is -0.338 e. The summed E-state index contributed by atoms with van der Waals surface area (Å²) in [6.07, 6.45) is 5.31. The number of carbonyl (C=O) groups is 1. The lowest BCUT2D eigenvalue weighted by Crippen LogP contribution is -2.47. The Labute approximate surface area is 155 Å². The summed E-state index contributed by atoms with van der Waals surface area (Å²) in [4.78, 5) is 21.7. The fraction of sp³-hybridized carbons (Fsp3) is 0.455. The van der Waals surface area contributed by atoms with Crippen molar-refractivity contribution in [1.29, 1.82) is 0 Å². The number of amides is 1. The van der Waals surface area contributed by atoms with Gasteiger partial charge < -0.3 is 4.90 Å². The number of likely N-dealkylation sites (tertiary alicyclic amines) is 2. The zero-order valence-corrected chi connectivity index (χ0v) is 15.4. The largest absolute Gasteiger partial charge is 0.338 e. The summed E-state index contributed by atoms with van der Waals surface area (Å²) >= 11 is 0. The van der Waals surface area contributed by atoms with Gasteiger partial charge in [-0.25, -0.2) is 0 Å². The number of hydrogen-bond acceptors (Lipinski definition) is 3. The fourth-order valence-electron chi connectivity index (χ4n) is 4.79. The van der Waals surface area contributed by atoms with E-state index in [9.17, 15) is 4.79 Å². The van der Waals surface area contributed by atoms with Crippen molar-refractivity contribution in [1.82, 2.24) is 14.8 Å². The highest BCUT2D eigenvalue weighted by Crippen LogP contribution is 2.40. The molecule has 26 heavy (non-hydrogen) atoms. The van der Waals surface area contributed by atoms with Crippen LogP contribution < -0.4 is 0 Å². The average Bonchev–Trinajstić information content (AvgIpc) is 2.87. The Morgan fingerprint density at radius 1 is 1.12 bits per heavy atom. The van der Waals surface area contributed by atoms with Crippen molar-refractivity contribution in [2.75, 3.05) is 13.1 Å². The molecule has 4 nitrogen and oxygen atoms in total. The molecule has 3 heterocycles. The number of benzene rings is 1. The van der Waals surface area contributed by atoms with Crippen molar-refractivity contribution in [2.24, 2.45) is 0 Å². The highest BCUT2D eigenvalue weighted by atomic mass is 16.2. The van der Waals surface area contributed by atoms with Gasteiger partial charge in [-0.2, -0.15) is 0 Å². The maximum atomic E-state index is 12.4. The van der Waals surface area contributed by atoms with Gasteiger partial charge in [0, 0.05) is 44.7 Å². The van der Waals surface area contributed by atoms with Gasteiger partial charge in [0.2, 0.25) is 5.91 Å². The van der Waals surface area contributed by atoms with E-state index in [0.717, 1.165) is 38.2 Å². The minimum atomic E-state index is 0.211. The maximum Gasteiger partial charge on any atom is 0.219 e. The predicted octanol–water partition coefficient (Wildman–Crippen LogP) is 3.45. The van der Waals surface area contributed by atoms with E-state index in [0.29, 0.717) is 12.0 Å². The number of fused-ring (bicyclic) bond motifs is 1. The highest BCUT2D eigenvalue weighted by Gasteiger charge is 2.46. The van der Waals surface area contributed by atoms with Gasteiger partial charge in [-0.15, -0.1) is 0 Å². The number of rotatable bonds is 3. The third kappa shape index (κ3) is 3.38. The van der Waals surface area contributed by atoms with Crippen LogP contribution in [0.4, 0.5) is 0 Å². The first kappa shape index (κ1) is 17.2. The third-order valence-electron chi connectivity index (χ3n) is 5.94. The van der Waals surface area contributed by atoms with Crippen molar-refractivity contribution < 1.29 is 4.79 Å². The van der Waals surface area contributed by atoms with Crippen LogP contribution in [0.25, 0.3) is 0 Å². The van der Waals surface area contributed by atoms with E-state index in [1.165, 1.54) is 12.0 Å². The molecule has 0 radical (unpaired) electrons. The molecular weight excluding hydrogens is 322 g/mol. The predicted molar refractivity (Wildman–Crippen MR) is 103 cm³/mol. The molecule has 2 aliphatic rings. The molecular formula is C22H27N3O. The van der Waals surface area contributed by atoms with Crippen LogP contribution in [0.3, 0.4) is 0 Å². The highest BCUT2D eigenvalue weighted by molar-refractivity contribution is 5.74. The average molecular weight is 349 g/mol. The smallest absolute Gasteiger partial charge is 0.219 e. The van der Waals surface area contributed by atoms with Gasteiger partial charge >= 0.3 is 0 Å². The maximum absolute atomic E-state index is 12.4. The second-order valence-electron chi connectivity index (χ2n) is 7.53. The number of hydrogen-bond donors (Lipinski definition) is 0. The van der Waals surface area contributed by atoms with Crippen molar-refractivity contribution in [3.8, 4) is 0 Å². The molecule has 2 aliphatic heterocycles. The van der Waals surface area contributed by atoms with Gasteiger partial charge in [0.05, 0.1) is 11.7 Å². The van der Waals surface area contributed by atoms with Gasteiger partial charge in [0.25, 0.3) is 0 Å². The number of carbonyl (C=O) groups excluding carboxylic acids is 1. The summed E-state index contributed by atoms with van der Waals surface area (Å²) in [6, 6.07) is 17.5. The lowest BCUT2D eigenvalue weighted by atomic mass is 9.89. The van der Waals surface area contributed by atoms with Crippen molar-refractivity contribution in [3.63, 3.8) is 0 Å². The second-order valence-corrected chi connectivity index (χ2v) is 7.53. The summed E-state index contributed by atoms with van der Waals surface area (Å²) in [7, 11) is 0. The molecule has 1 aromatic heterocycles. The Kier molecular flexibility index (Phi) is 5.02. The lowest BCUT2D eigenvalue weighted by Gasteiger charge is -2.35. The molecule has 2 fully saturated rings. The van der Waals surface area contributed by atoms with Gasteiger partial charge in [0.1, 0.15) is 0 Å². The molecule has 4 heteroatoms. The standard InChI is InChI=1S/C22H27N3O/c1-17(26)25-14-8-6-12-21-22(25)20(18-9-3-2-4-10-18)16-24(21)15-19-11-5-7-13-23-19/h2-5,7,9-11,13,20-22H,6,8,12,14-16H2,1H3/t20-,21-,22-/m0/s1. The van der Waals surface area contributed by atoms with Crippen molar-refractivity contribution in [2.45, 2.75) is 50.7 Å². The van der Waals surface area contributed by atoms with Crippen LogP contribution in [-0.4, -0.2) is 45.9 Å². The molecule has 3 atom stereocenters. The zero-order chi connectivity index (χ0) is 17.9. The molecule has 1 amide bonds. The molecule has 0 N–H and O–H groups in total. The molecule has 136 valence electrons. The Hall–Kier alpha value is -2.20. The molecule has 1 aromatic carbocycles. The molecule has 2 aromatic rings. The van der Waals surface area contributed by atoms with Crippen LogP contribution in [0.2, 0.25) is 0 Å². The van der Waals surface area contributed by atoms with E-state index in [1.54, 1.807) is 6.92 Å². The summed E-state index contributed by atoms with van der Waals surface area (Å²) in [5.41, 5.74) is 2.46. The van der Waals surface area contributed by atoms with E-state index in [1.807, 2.05) is 12.3 Å². The van der Waals surface area contributed by atoms with E-state index in [2.05, 4.69) is 57.2 Å². The number of aromatic nitrogens is 1. The summed E-state index contributed by atoms with van der Waals surface area (Å²) in [6.45, 7) is 4.46. The van der Waals surface area contributed by atoms with Gasteiger partial charge in [-0.3, -0.25) is 14.7 Å². The van der Waals surface area contributed by atoms with E-state index >= 15 is 0 Å². The SMILES string of the molecule is CC(=O)N1CCCC[C@H]2[C@@H]1[C@H](c1ccccc1)CN2Cc1ccccn1. The van der Waals surface area contributed by atoms with Gasteiger partial charge in [-0.05, 0) is 30.5 Å². The van der Waals surface area contributed by atoms with Crippen LogP contribution in [0.1, 0.15) is 43.4 Å². The molecule has 0 aliphatic carbocycles. The first-order valence-electron chi connectivity index (χ1n) is 9.70. The quantitative estimate of drug-likeness (QED) is 0.851. The van der Waals surface area contributed by atoms with Crippen LogP contribution in [0.5, 0.6) is 0 Å². The first-order chi connectivity index (χ1) is 12.7. The van der Waals surface area contributed by atoms with E-state index in [4.69, 9.17) is 0 Å². The Bertz CT molecular complexity index is 734. The topological polar surface area (TPSA) is 36.4 Å². The van der Waals surface area contributed by atoms with Crippen LogP contribution in [-0.2, 0) is 11.3 Å². The summed E-state index contributed by atoms with van der Waals surface area (Å²) in [5, 5.41) is 0. The van der Waals surface area contributed by atoms with Crippen LogP contribution in [0.15, 0.2) is 54.7 Å². The first-order valence-corrected chi connectivity index (χ1v) is 9.70. The van der Waals surface area contributed by atoms with Crippen molar-refractivity contribution in [3.05, 3.63) is 66.0 Å². The van der Waals surface area contributed by atoms with Gasteiger partial charge in [0.15, 0.2) is 0 Å². The summed E-state index contributed by atoms with van der Waals surface area (Å²) in [5.74, 6) is 0.578. The Morgan fingerprint density at radius 2 is 1.92 bits per heavy atom. The lowest BCUT2D eigenvalue weighted by molar-refractivity contribution is -0.131. The van der Waals surface area contributed by atoms with E-state index in [-0.39, 0.29) is 11.9 Å². The third-order valence-corrected chi connectivity index (χ3v) is 5.94. The Morgan fingerprint density at radius 3 is 2.65 bits per heavy atom. The molecule has 0 saturated carbocycles. The molecule has 0 bridgehead atoms. The molecule has 0 spiro atoms. The summed E-state index contributed by atoms with van der Waals surface area (Å²) < 4.78 is 0. The van der Waals surface area contributed by atoms with Gasteiger partial charge in [-0.1, -0.05) is 42.8 Å². The van der Waals surface area contributed by atoms with Crippen LogP contribution in [0, 0.1) is 0 Å². The molecule has 2 saturated heterocycles. The monoisotopic (exact) mass is 349 g/mol. The normalized spacial score (nSPS) is 26.3. The number of nitrogens with zero attached hydrogens (tertiary/aromatic N) is 3. The van der Waals surface area contributed by atoms with Crippen LogP contribution >= 0.6 is 0 Å². The fourth-order valence-corrected chi connectivity index (χ4v) is 4.79. The van der Waals surface area contributed by atoms with E-state index < -0.39 is 0 Å². The zero-order valence-electron chi connectivity index (χ0n) is 15.4. The second kappa shape index (κ2) is 7.58. The Balaban J connectivity index is 1.68. The molecule has 0 unspecified atom stereocenters. The van der Waals surface area contributed by atoms with Crippen molar-refractivity contribution >= 4 is 5.91 Å². The molecule has 4 rings (SSSR count).